The van der Waals surface area contributed by atoms with Gasteiger partial charge in [-0.25, -0.2) is 0 Å². The molecule has 15 heavy (non-hydrogen) atoms. The highest BCUT2D eigenvalue weighted by Gasteiger charge is 2.27. The van der Waals surface area contributed by atoms with Gasteiger partial charge in [0.1, 0.15) is 0 Å². The molecule has 0 heterocycles. The second-order valence-electron chi connectivity index (χ2n) is 4.73. The van der Waals surface area contributed by atoms with E-state index in [4.69, 9.17) is 10.5 Å². The van der Waals surface area contributed by atoms with E-state index >= 15 is 0 Å². The third-order valence-electron chi connectivity index (χ3n) is 3.00. The summed E-state index contributed by atoms with van der Waals surface area (Å²) in [5, 5.41) is 0. The highest BCUT2D eigenvalue weighted by molar-refractivity contribution is 4.84. The van der Waals surface area contributed by atoms with Gasteiger partial charge in [0, 0.05) is 25.7 Å². The quantitative estimate of drug-likeness (QED) is 0.593. The van der Waals surface area contributed by atoms with Crippen molar-refractivity contribution in [3.8, 4) is 0 Å². The smallest absolute Gasteiger partial charge is 0.0589 e. The fraction of sp³-hybridized carbons (Fsp3) is 1.00. The molecule has 0 saturated heterocycles. The Morgan fingerprint density at radius 1 is 1.33 bits per heavy atom. The van der Waals surface area contributed by atoms with E-state index in [9.17, 15) is 0 Å². The summed E-state index contributed by atoms with van der Waals surface area (Å²) in [7, 11) is 1.78. The number of methoxy groups -OCH3 is 1. The number of rotatable bonds is 9. The molecule has 1 atom stereocenters. The van der Waals surface area contributed by atoms with Crippen LogP contribution in [0.3, 0.4) is 0 Å². The zero-order chi connectivity index (χ0) is 11.1. The molecule has 1 aliphatic carbocycles. The Hall–Kier alpha value is -0.120. The van der Waals surface area contributed by atoms with Gasteiger partial charge in [0.05, 0.1) is 6.61 Å². The lowest BCUT2D eigenvalue weighted by atomic mass is 10.1. The van der Waals surface area contributed by atoms with Gasteiger partial charge >= 0.3 is 0 Å². The van der Waals surface area contributed by atoms with Crippen LogP contribution < -0.4 is 5.73 Å². The summed E-state index contributed by atoms with van der Waals surface area (Å²) in [6.45, 7) is 5.27. The molecule has 1 unspecified atom stereocenters. The molecule has 1 rings (SSSR count). The molecule has 1 aliphatic rings. The molecule has 0 aromatic carbocycles. The first-order chi connectivity index (χ1) is 7.24. The van der Waals surface area contributed by atoms with Gasteiger partial charge in [-0.05, 0) is 39.2 Å². The van der Waals surface area contributed by atoms with Crippen molar-refractivity contribution in [2.75, 3.05) is 26.8 Å². The minimum atomic E-state index is 0.360. The highest BCUT2D eigenvalue weighted by atomic mass is 16.5. The monoisotopic (exact) mass is 214 g/mol. The summed E-state index contributed by atoms with van der Waals surface area (Å²) in [6.07, 6.45) is 6.46. The standard InChI is InChI=1S/C12H26N2O/c1-11(13)5-3-4-8-14(9-10-15-2)12-6-7-12/h11-12H,3-10,13H2,1-2H3. The lowest BCUT2D eigenvalue weighted by molar-refractivity contribution is 0.142. The average molecular weight is 214 g/mol. The zero-order valence-electron chi connectivity index (χ0n) is 10.2. The van der Waals surface area contributed by atoms with Crippen molar-refractivity contribution >= 4 is 0 Å². The minimum Gasteiger partial charge on any atom is -0.383 e. The largest absolute Gasteiger partial charge is 0.383 e. The first kappa shape index (κ1) is 12.9. The Kier molecular flexibility index (Phi) is 6.22. The fourth-order valence-electron chi connectivity index (χ4n) is 1.91. The van der Waals surface area contributed by atoms with Gasteiger partial charge in [-0.15, -0.1) is 0 Å². The van der Waals surface area contributed by atoms with E-state index in [1.165, 1.54) is 32.2 Å². The van der Waals surface area contributed by atoms with Crippen LogP contribution in [0.5, 0.6) is 0 Å². The third-order valence-corrected chi connectivity index (χ3v) is 3.00. The predicted molar refractivity (Wildman–Crippen MR) is 64.0 cm³/mol. The molecule has 90 valence electrons. The van der Waals surface area contributed by atoms with E-state index in [1.807, 2.05) is 0 Å². The SMILES string of the molecule is COCCN(CCCCC(C)N)C1CC1. The summed E-state index contributed by atoms with van der Waals surface area (Å²) in [6, 6.07) is 1.22. The lowest BCUT2D eigenvalue weighted by Gasteiger charge is -2.21. The second kappa shape index (κ2) is 7.20. The second-order valence-corrected chi connectivity index (χ2v) is 4.73. The van der Waals surface area contributed by atoms with Crippen LogP contribution in [0, 0.1) is 0 Å². The molecule has 1 saturated carbocycles. The van der Waals surface area contributed by atoms with Crippen LogP contribution in [0.2, 0.25) is 0 Å². The van der Waals surface area contributed by atoms with E-state index in [0.717, 1.165) is 25.6 Å². The molecule has 0 aliphatic heterocycles. The van der Waals surface area contributed by atoms with E-state index in [-0.39, 0.29) is 0 Å². The van der Waals surface area contributed by atoms with Crippen molar-refractivity contribution in [3.63, 3.8) is 0 Å². The summed E-state index contributed by atoms with van der Waals surface area (Å²) < 4.78 is 5.13. The van der Waals surface area contributed by atoms with Gasteiger partial charge in [0.2, 0.25) is 0 Å². The molecule has 0 radical (unpaired) electrons. The minimum absolute atomic E-state index is 0.360. The molecule has 0 spiro atoms. The van der Waals surface area contributed by atoms with Gasteiger partial charge < -0.3 is 10.5 Å². The molecule has 0 aromatic heterocycles. The first-order valence-corrected chi connectivity index (χ1v) is 6.22. The van der Waals surface area contributed by atoms with Crippen molar-refractivity contribution in [1.82, 2.24) is 4.90 Å². The number of hydrogen-bond acceptors (Lipinski definition) is 3. The molecule has 0 aromatic rings. The van der Waals surface area contributed by atoms with Crippen molar-refractivity contribution in [3.05, 3.63) is 0 Å². The molecule has 0 amide bonds. The van der Waals surface area contributed by atoms with Crippen LogP contribution >= 0.6 is 0 Å². The van der Waals surface area contributed by atoms with E-state index < -0.39 is 0 Å². The molecular weight excluding hydrogens is 188 g/mol. The molecule has 3 heteroatoms. The van der Waals surface area contributed by atoms with E-state index in [1.54, 1.807) is 7.11 Å². The number of ether oxygens (including phenoxy) is 1. The summed E-state index contributed by atoms with van der Waals surface area (Å²) in [5.41, 5.74) is 5.73. The summed E-state index contributed by atoms with van der Waals surface area (Å²) in [5.74, 6) is 0. The van der Waals surface area contributed by atoms with Gasteiger partial charge in [-0.2, -0.15) is 0 Å². The van der Waals surface area contributed by atoms with Crippen LogP contribution in [-0.4, -0.2) is 43.8 Å². The Balaban J connectivity index is 2.03. The Morgan fingerprint density at radius 2 is 2.07 bits per heavy atom. The topological polar surface area (TPSA) is 38.5 Å². The first-order valence-electron chi connectivity index (χ1n) is 6.22. The number of hydrogen-bond donors (Lipinski definition) is 1. The van der Waals surface area contributed by atoms with Crippen LogP contribution in [0.1, 0.15) is 39.0 Å². The molecule has 3 nitrogen and oxygen atoms in total. The number of unbranched alkanes of at least 4 members (excludes halogenated alkanes) is 1. The van der Waals surface area contributed by atoms with Crippen LogP contribution in [-0.2, 0) is 4.74 Å². The lowest BCUT2D eigenvalue weighted by Crippen LogP contribution is -2.30. The van der Waals surface area contributed by atoms with Crippen molar-refractivity contribution in [2.45, 2.75) is 51.1 Å². The molecule has 0 bridgehead atoms. The molecule has 2 N–H and O–H groups in total. The third kappa shape index (κ3) is 6.13. The average Bonchev–Trinajstić information content (AvgIpc) is 3.00. The van der Waals surface area contributed by atoms with Crippen LogP contribution in [0.15, 0.2) is 0 Å². The molecule has 1 fully saturated rings. The van der Waals surface area contributed by atoms with Crippen molar-refractivity contribution < 1.29 is 4.74 Å². The van der Waals surface area contributed by atoms with E-state index in [2.05, 4.69) is 11.8 Å². The van der Waals surface area contributed by atoms with E-state index in [0.29, 0.717) is 6.04 Å². The summed E-state index contributed by atoms with van der Waals surface area (Å²) >= 11 is 0. The number of nitrogens with zero attached hydrogens (tertiary/aromatic N) is 1. The highest BCUT2D eigenvalue weighted by Crippen LogP contribution is 2.26. The van der Waals surface area contributed by atoms with Crippen LogP contribution in [0.4, 0.5) is 0 Å². The van der Waals surface area contributed by atoms with Gasteiger partial charge in [-0.1, -0.05) is 6.42 Å². The van der Waals surface area contributed by atoms with Gasteiger partial charge in [-0.3, -0.25) is 4.90 Å². The predicted octanol–water partition coefficient (Wildman–Crippen LogP) is 1.61. The zero-order valence-corrected chi connectivity index (χ0v) is 10.2. The maximum Gasteiger partial charge on any atom is 0.0589 e. The maximum atomic E-state index is 5.73. The number of nitrogens with two attached hydrogens (primary N) is 1. The van der Waals surface area contributed by atoms with Gasteiger partial charge in [0.15, 0.2) is 0 Å². The van der Waals surface area contributed by atoms with Crippen LogP contribution in [0.25, 0.3) is 0 Å². The fourth-order valence-corrected chi connectivity index (χ4v) is 1.91. The molecular formula is C12H26N2O. The van der Waals surface area contributed by atoms with Crippen molar-refractivity contribution in [2.24, 2.45) is 5.73 Å². The Labute approximate surface area is 94.0 Å². The van der Waals surface area contributed by atoms with Crippen molar-refractivity contribution in [1.29, 1.82) is 0 Å². The Bertz CT molecular complexity index is 158. The maximum absolute atomic E-state index is 5.73. The van der Waals surface area contributed by atoms with Gasteiger partial charge in [0.25, 0.3) is 0 Å². The normalized spacial score (nSPS) is 18.4. The summed E-state index contributed by atoms with van der Waals surface area (Å²) in [4.78, 5) is 2.57. The Morgan fingerprint density at radius 3 is 2.60 bits per heavy atom.